The summed E-state index contributed by atoms with van der Waals surface area (Å²) < 4.78 is 0. The van der Waals surface area contributed by atoms with E-state index in [1.54, 1.807) is 0 Å². The number of aryl methyl sites for hydroxylation is 1. The molecule has 0 N–H and O–H groups in total. The molecule has 25 heavy (non-hydrogen) atoms. The van der Waals surface area contributed by atoms with Crippen molar-refractivity contribution in [2.45, 2.75) is 39.0 Å². The Labute approximate surface area is 154 Å². The summed E-state index contributed by atoms with van der Waals surface area (Å²) in [4.78, 5) is 26.7. The third kappa shape index (κ3) is 3.78. The van der Waals surface area contributed by atoms with Crippen LogP contribution in [0.15, 0.2) is 6.20 Å². The number of amides is 1. The van der Waals surface area contributed by atoms with E-state index in [1.807, 2.05) is 18.0 Å². The minimum Gasteiger partial charge on any atom is -0.341 e. The minimum absolute atomic E-state index is 0.126. The van der Waals surface area contributed by atoms with Gasteiger partial charge in [0.05, 0.1) is 0 Å². The van der Waals surface area contributed by atoms with Gasteiger partial charge in [0.25, 0.3) is 0 Å². The molecule has 0 saturated carbocycles. The fourth-order valence-corrected chi connectivity index (χ4v) is 5.01. The van der Waals surface area contributed by atoms with E-state index in [0.29, 0.717) is 5.91 Å². The molecule has 1 aromatic heterocycles. The van der Waals surface area contributed by atoms with Crippen molar-refractivity contribution in [1.82, 2.24) is 14.9 Å². The highest BCUT2D eigenvalue weighted by molar-refractivity contribution is 7.99. The van der Waals surface area contributed by atoms with Gasteiger partial charge in [0.15, 0.2) is 0 Å². The van der Waals surface area contributed by atoms with Gasteiger partial charge in [0.1, 0.15) is 0 Å². The molecule has 1 atom stereocenters. The summed E-state index contributed by atoms with van der Waals surface area (Å²) in [5, 5.41) is 0. The molecule has 1 aliphatic carbocycles. The maximum absolute atomic E-state index is 12.8. The van der Waals surface area contributed by atoms with Crippen molar-refractivity contribution in [3.8, 4) is 0 Å². The summed E-state index contributed by atoms with van der Waals surface area (Å²) in [6, 6.07) is 0. The molecular weight excluding hydrogens is 332 g/mol. The number of nitrogens with zero attached hydrogens (tertiary/aromatic N) is 4. The van der Waals surface area contributed by atoms with Gasteiger partial charge in [0.2, 0.25) is 11.9 Å². The largest absolute Gasteiger partial charge is 0.341 e. The normalized spacial score (nSPS) is 24.9. The molecule has 0 radical (unpaired) electrons. The number of carbonyl (C=O) groups excluding carboxylic acids is 1. The van der Waals surface area contributed by atoms with Gasteiger partial charge in [-0.3, -0.25) is 4.79 Å². The highest BCUT2D eigenvalue weighted by atomic mass is 32.2. The first kappa shape index (κ1) is 17.1. The zero-order valence-electron chi connectivity index (χ0n) is 15.1. The van der Waals surface area contributed by atoms with Crippen LogP contribution in [-0.4, -0.2) is 58.5 Å². The summed E-state index contributed by atoms with van der Waals surface area (Å²) in [6.45, 7) is 6.27. The average Bonchev–Trinajstić information content (AvgIpc) is 2.68. The molecule has 3 heterocycles. The fourth-order valence-electron chi connectivity index (χ4n) is 4.11. The number of fused-ring (bicyclic) bond motifs is 1. The van der Waals surface area contributed by atoms with Gasteiger partial charge >= 0.3 is 0 Å². The van der Waals surface area contributed by atoms with E-state index < -0.39 is 0 Å². The Balaban J connectivity index is 1.42. The van der Waals surface area contributed by atoms with Gasteiger partial charge in [-0.1, -0.05) is 6.92 Å². The first-order valence-corrected chi connectivity index (χ1v) is 10.8. The van der Waals surface area contributed by atoms with Crippen LogP contribution in [0.1, 0.15) is 37.4 Å². The Kier molecular flexibility index (Phi) is 5.15. The predicted octanol–water partition coefficient (Wildman–Crippen LogP) is 2.39. The summed E-state index contributed by atoms with van der Waals surface area (Å²) in [5.74, 6) is 4.34. The molecule has 3 aliphatic rings. The molecule has 0 bridgehead atoms. The van der Waals surface area contributed by atoms with Crippen LogP contribution in [0, 0.1) is 11.8 Å². The summed E-state index contributed by atoms with van der Waals surface area (Å²) in [6.07, 6.45) is 7.10. The van der Waals surface area contributed by atoms with Crippen molar-refractivity contribution in [2.24, 2.45) is 11.8 Å². The lowest BCUT2D eigenvalue weighted by Gasteiger charge is -2.33. The molecule has 136 valence electrons. The van der Waals surface area contributed by atoms with Crippen LogP contribution in [0.4, 0.5) is 5.95 Å². The van der Waals surface area contributed by atoms with Gasteiger partial charge in [-0.25, -0.2) is 9.97 Å². The van der Waals surface area contributed by atoms with Crippen molar-refractivity contribution < 1.29 is 4.79 Å². The lowest BCUT2D eigenvalue weighted by atomic mass is 9.86. The Bertz CT molecular complexity index is 624. The molecule has 4 rings (SSSR count). The first-order valence-electron chi connectivity index (χ1n) is 9.67. The van der Waals surface area contributed by atoms with Crippen LogP contribution in [0.2, 0.25) is 0 Å². The molecule has 2 aliphatic heterocycles. The standard InChI is InChI=1S/C19H28N4OS/c1-14-4-6-23(7-5-14)19-20-13-16-12-15(2-3-17(16)21-19)18(24)22-8-10-25-11-9-22/h13-15H,2-12H2,1H3. The molecule has 6 heteroatoms. The summed E-state index contributed by atoms with van der Waals surface area (Å²) in [5.41, 5.74) is 2.35. The zero-order valence-corrected chi connectivity index (χ0v) is 15.9. The van der Waals surface area contributed by atoms with E-state index >= 15 is 0 Å². The van der Waals surface area contributed by atoms with Crippen molar-refractivity contribution in [2.75, 3.05) is 42.6 Å². The number of hydrogen-bond acceptors (Lipinski definition) is 5. The molecule has 1 aromatic rings. The maximum Gasteiger partial charge on any atom is 0.226 e. The van der Waals surface area contributed by atoms with Crippen LogP contribution < -0.4 is 4.90 Å². The van der Waals surface area contributed by atoms with Crippen LogP contribution in [0.3, 0.4) is 0 Å². The lowest BCUT2D eigenvalue weighted by Crippen LogP contribution is -2.43. The second kappa shape index (κ2) is 7.52. The van der Waals surface area contributed by atoms with Crippen LogP contribution in [-0.2, 0) is 17.6 Å². The SMILES string of the molecule is CC1CCN(c2ncc3c(n2)CCC(C(=O)N2CCSCC2)C3)CC1. The van der Waals surface area contributed by atoms with E-state index in [2.05, 4.69) is 21.7 Å². The smallest absolute Gasteiger partial charge is 0.226 e. The number of hydrogen-bond donors (Lipinski definition) is 0. The summed E-state index contributed by atoms with van der Waals surface area (Å²) >= 11 is 1.95. The third-order valence-electron chi connectivity index (χ3n) is 5.88. The Morgan fingerprint density at radius 2 is 1.92 bits per heavy atom. The van der Waals surface area contributed by atoms with Crippen molar-refractivity contribution >= 4 is 23.6 Å². The van der Waals surface area contributed by atoms with Crippen LogP contribution >= 0.6 is 11.8 Å². The van der Waals surface area contributed by atoms with E-state index in [-0.39, 0.29) is 5.92 Å². The molecule has 1 amide bonds. The molecule has 5 nitrogen and oxygen atoms in total. The maximum atomic E-state index is 12.8. The van der Waals surface area contributed by atoms with Crippen LogP contribution in [0.5, 0.6) is 0 Å². The van der Waals surface area contributed by atoms with E-state index in [4.69, 9.17) is 4.98 Å². The van der Waals surface area contributed by atoms with Crippen molar-refractivity contribution in [3.05, 3.63) is 17.5 Å². The Hall–Kier alpha value is -1.30. The number of piperidine rings is 1. The van der Waals surface area contributed by atoms with Crippen molar-refractivity contribution in [3.63, 3.8) is 0 Å². The number of rotatable bonds is 2. The minimum atomic E-state index is 0.126. The quantitative estimate of drug-likeness (QED) is 0.810. The zero-order chi connectivity index (χ0) is 17.2. The Morgan fingerprint density at radius 1 is 1.16 bits per heavy atom. The summed E-state index contributed by atoms with van der Waals surface area (Å²) in [7, 11) is 0. The van der Waals surface area contributed by atoms with E-state index in [1.165, 1.54) is 24.1 Å². The molecular formula is C19H28N4OS. The van der Waals surface area contributed by atoms with E-state index in [9.17, 15) is 4.79 Å². The monoisotopic (exact) mass is 360 g/mol. The number of aromatic nitrogens is 2. The second-order valence-electron chi connectivity index (χ2n) is 7.69. The predicted molar refractivity (Wildman–Crippen MR) is 102 cm³/mol. The molecule has 0 spiro atoms. The number of carbonyl (C=O) groups is 1. The molecule has 1 unspecified atom stereocenters. The molecule has 0 aromatic carbocycles. The number of anilines is 1. The average molecular weight is 361 g/mol. The molecule has 2 fully saturated rings. The number of thioether (sulfide) groups is 1. The van der Waals surface area contributed by atoms with Gasteiger partial charge in [-0.2, -0.15) is 11.8 Å². The second-order valence-corrected chi connectivity index (χ2v) is 8.91. The van der Waals surface area contributed by atoms with Crippen molar-refractivity contribution in [1.29, 1.82) is 0 Å². The fraction of sp³-hybridized carbons (Fsp3) is 0.737. The highest BCUT2D eigenvalue weighted by Crippen LogP contribution is 2.28. The third-order valence-corrected chi connectivity index (χ3v) is 6.82. The van der Waals surface area contributed by atoms with Gasteiger partial charge in [-0.05, 0) is 43.6 Å². The van der Waals surface area contributed by atoms with E-state index in [0.717, 1.165) is 68.8 Å². The topological polar surface area (TPSA) is 49.3 Å². The first-order chi connectivity index (χ1) is 12.2. The molecule has 2 saturated heterocycles. The Morgan fingerprint density at radius 3 is 2.68 bits per heavy atom. The van der Waals surface area contributed by atoms with Gasteiger partial charge < -0.3 is 9.80 Å². The van der Waals surface area contributed by atoms with Crippen LogP contribution in [0.25, 0.3) is 0 Å². The lowest BCUT2D eigenvalue weighted by molar-refractivity contribution is -0.135. The van der Waals surface area contributed by atoms with Gasteiger partial charge in [-0.15, -0.1) is 0 Å². The van der Waals surface area contributed by atoms with Gasteiger partial charge in [0, 0.05) is 55.5 Å². The highest BCUT2D eigenvalue weighted by Gasteiger charge is 2.30.